The van der Waals surface area contributed by atoms with Crippen LogP contribution in [0.25, 0.3) is 22.6 Å². The number of nitrogens with two attached hydrogens (primary N) is 2. The van der Waals surface area contributed by atoms with Crippen molar-refractivity contribution in [2.45, 2.75) is 45.4 Å². The highest BCUT2D eigenvalue weighted by atomic mass is 35.5. The topological polar surface area (TPSA) is 151 Å². The number of nitrogens with zero attached hydrogens (tertiary/aromatic N) is 5. The molecule has 0 bridgehead atoms. The number of halogens is 1. The summed E-state index contributed by atoms with van der Waals surface area (Å²) in [4.78, 5) is 9.21. The van der Waals surface area contributed by atoms with E-state index in [1.807, 2.05) is 35.8 Å². The maximum atomic E-state index is 10.1. The van der Waals surface area contributed by atoms with Gasteiger partial charge in [0.15, 0.2) is 17.3 Å². The molecule has 0 saturated heterocycles. The molecule has 0 unspecified atom stereocenters. The summed E-state index contributed by atoms with van der Waals surface area (Å²) in [6, 6.07) is 8.99. The largest absolute Gasteiger partial charge is 0.476 e. The lowest BCUT2D eigenvalue weighted by Gasteiger charge is -2.14. The van der Waals surface area contributed by atoms with Crippen molar-refractivity contribution in [1.82, 2.24) is 24.8 Å². The first-order valence-corrected chi connectivity index (χ1v) is 11.4. The first-order chi connectivity index (χ1) is 16.7. The highest BCUT2D eigenvalue weighted by Crippen LogP contribution is 2.30. The Morgan fingerprint density at radius 1 is 1.26 bits per heavy atom. The zero-order valence-electron chi connectivity index (χ0n) is 19.6. The number of aromatic nitrogens is 5. The average molecular weight is 496 g/mol. The molecule has 0 spiro atoms. The van der Waals surface area contributed by atoms with Crippen molar-refractivity contribution in [2.24, 2.45) is 5.73 Å². The Labute approximate surface area is 207 Å². The van der Waals surface area contributed by atoms with Gasteiger partial charge in [0, 0.05) is 23.7 Å². The molecular weight excluding hydrogens is 470 g/mol. The van der Waals surface area contributed by atoms with Gasteiger partial charge in [-0.1, -0.05) is 35.7 Å². The second-order valence-electron chi connectivity index (χ2n) is 8.53. The van der Waals surface area contributed by atoms with Crippen LogP contribution >= 0.6 is 11.6 Å². The maximum Gasteiger partial charge on any atom is 0.216 e. The monoisotopic (exact) mass is 495 g/mol. The minimum absolute atomic E-state index is 0.120. The number of aliphatic hydroxyl groups is 1. The van der Waals surface area contributed by atoms with E-state index in [0.29, 0.717) is 52.1 Å². The molecule has 3 heterocycles. The molecule has 1 aromatic carbocycles. The first-order valence-electron chi connectivity index (χ1n) is 11.0. The molecule has 0 radical (unpaired) electrons. The summed E-state index contributed by atoms with van der Waals surface area (Å²) in [5, 5.41) is 18.3. The quantitative estimate of drug-likeness (QED) is 0.328. The normalized spacial score (nSPS) is 12.4. The predicted molar refractivity (Wildman–Crippen MR) is 133 cm³/mol. The lowest BCUT2D eigenvalue weighted by atomic mass is 10.1. The molecule has 3 aromatic heterocycles. The number of imidazole rings is 1. The van der Waals surface area contributed by atoms with E-state index in [1.54, 1.807) is 19.9 Å². The highest BCUT2D eigenvalue weighted by molar-refractivity contribution is 6.31. The van der Waals surface area contributed by atoms with Gasteiger partial charge in [-0.2, -0.15) is 0 Å². The zero-order chi connectivity index (χ0) is 25.2. The Bertz CT molecular complexity index is 1410. The molecule has 11 heteroatoms. The molecule has 0 amide bonds. The molecule has 0 aliphatic rings. The number of ether oxygens (including phenoxy) is 1. The van der Waals surface area contributed by atoms with Gasteiger partial charge in [-0.15, -0.1) is 0 Å². The second-order valence-corrected chi connectivity index (χ2v) is 8.94. The van der Waals surface area contributed by atoms with Crippen LogP contribution in [0, 0.1) is 11.8 Å². The van der Waals surface area contributed by atoms with Crippen LogP contribution in [-0.2, 0) is 13.0 Å². The molecule has 182 valence electrons. The van der Waals surface area contributed by atoms with E-state index in [9.17, 15) is 5.11 Å². The fraction of sp³-hybridized carbons (Fsp3) is 0.333. The Morgan fingerprint density at radius 2 is 2.03 bits per heavy atom. The number of hydrogen-bond acceptors (Lipinski definition) is 9. The molecule has 4 rings (SSSR count). The standard InChI is InChI=1S/C24H26ClN7O3/c1-4-32-18-12-19(34-13-15(26)11-14-7-5-6-8-16(14)25)28-17(9-10-24(2,3)33)20(18)29-23(32)21-22(27)31-35-30-21/h5-8,12,15,33H,4,11,13,26H2,1-3H3,(H2,27,31)/t15-/m0/s1. The number of pyridine rings is 1. The third-order valence-electron chi connectivity index (χ3n) is 5.13. The lowest BCUT2D eigenvalue weighted by molar-refractivity contribution is 0.143. The Kier molecular flexibility index (Phi) is 6.93. The molecule has 0 fully saturated rings. The highest BCUT2D eigenvalue weighted by Gasteiger charge is 2.22. The number of benzene rings is 1. The van der Waals surface area contributed by atoms with Crippen LogP contribution in [0.5, 0.6) is 5.88 Å². The van der Waals surface area contributed by atoms with Crippen molar-refractivity contribution in [3.05, 3.63) is 46.6 Å². The average Bonchev–Trinajstić information content (AvgIpc) is 3.39. The van der Waals surface area contributed by atoms with E-state index in [1.165, 1.54) is 0 Å². The smallest absolute Gasteiger partial charge is 0.216 e. The van der Waals surface area contributed by atoms with Gasteiger partial charge in [-0.25, -0.2) is 14.6 Å². The molecule has 1 atom stereocenters. The van der Waals surface area contributed by atoms with Crippen LogP contribution in [0.2, 0.25) is 5.02 Å². The fourth-order valence-corrected chi connectivity index (χ4v) is 3.73. The molecule has 4 aromatic rings. The van der Waals surface area contributed by atoms with Crippen molar-refractivity contribution in [1.29, 1.82) is 0 Å². The van der Waals surface area contributed by atoms with Gasteiger partial charge < -0.3 is 25.9 Å². The molecule has 0 saturated carbocycles. The van der Waals surface area contributed by atoms with Crippen LogP contribution in [-0.4, -0.2) is 48.2 Å². The van der Waals surface area contributed by atoms with Gasteiger partial charge in [-0.05, 0) is 55.1 Å². The predicted octanol–water partition coefficient (Wildman–Crippen LogP) is 2.81. The van der Waals surface area contributed by atoms with Gasteiger partial charge in [-0.3, -0.25) is 0 Å². The van der Waals surface area contributed by atoms with E-state index in [2.05, 4.69) is 32.1 Å². The summed E-state index contributed by atoms with van der Waals surface area (Å²) in [7, 11) is 0. The lowest BCUT2D eigenvalue weighted by Crippen LogP contribution is -2.30. The molecule has 0 aliphatic carbocycles. The third kappa shape index (κ3) is 5.54. The van der Waals surface area contributed by atoms with Crippen molar-refractivity contribution >= 4 is 28.5 Å². The minimum atomic E-state index is -1.22. The Balaban J connectivity index is 1.71. The van der Waals surface area contributed by atoms with E-state index < -0.39 is 5.60 Å². The number of hydrogen-bond donors (Lipinski definition) is 3. The second kappa shape index (κ2) is 9.92. The third-order valence-corrected chi connectivity index (χ3v) is 5.50. The summed E-state index contributed by atoms with van der Waals surface area (Å²) < 4.78 is 12.6. The van der Waals surface area contributed by atoms with Crippen molar-refractivity contribution in [3.63, 3.8) is 0 Å². The maximum absolute atomic E-state index is 10.1. The summed E-state index contributed by atoms with van der Waals surface area (Å²) in [6.45, 7) is 5.88. The molecule has 10 nitrogen and oxygen atoms in total. The van der Waals surface area contributed by atoms with Gasteiger partial charge in [0.2, 0.25) is 5.88 Å². The number of rotatable bonds is 7. The summed E-state index contributed by atoms with van der Waals surface area (Å²) >= 11 is 6.25. The summed E-state index contributed by atoms with van der Waals surface area (Å²) in [6.07, 6.45) is 0.544. The molecule has 5 N–H and O–H groups in total. The Morgan fingerprint density at radius 3 is 2.69 bits per heavy atom. The Hall–Kier alpha value is -3.65. The zero-order valence-corrected chi connectivity index (χ0v) is 20.4. The number of aryl methyl sites for hydroxylation is 1. The fourth-order valence-electron chi connectivity index (χ4n) is 3.52. The first kappa shape index (κ1) is 24.5. The van der Waals surface area contributed by atoms with Crippen molar-refractivity contribution in [2.75, 3.05) is 12.3 Å². The van der Waals surface area contributed by atoms with Crippen LogP contribution in [0.3, 0.4) is 0 Å². The molecule has 35 heavy (non-hydrogen) atoms. The van der Waals surface area contributed by atoms with Crippen LogP contribution in [0.15, 0.2) is 35.0 Å². The molecule has 0 aliphatic heterocycles. The van der Waals surface area contributed by atoms with Crippen LogP contribution in [0.1, 0.15) is 32.0 Å². The van der Waals surface area contributed by atoms with E-state index in [0.717, 1.165) is 5.56 Å². The minimum Gasteiger partial charge on any atom is -0.476 e. The summed E-state index contributed by atoms with van der Waals surface area (Å²) in [5.41, 5.74) is 13.8. The van der Waals surface area contributed by atoms with E-state index in [-0.39, 0.29) is 18.5 Å². The van der Waals surface area contributed by atoms with Crippen molar-refractivity contribution < 1.29 is 14.5 Å². The van der Waals surface area contributed by atoms with E-state index in [4.69, 9.17) is 32.4 Å². The van der Waals surface area contributed by atoms with Gasteiger partial charge >= 0.3 is 0 Å². The van der Waals surface area contributed by atoms with Crippen LogP contribution < -0.4 is 16.2 Å². The van der Waals surface area contributed by atoms with E-state index >= 15 is 0 Å². The van der Waals surface area contributed by atoms with Gasteiger partial charge in [0.1, 0.15) is 23.4 Å². The van der Waals surface area contributed by atoms with Gasteiger partial charge in [0.05, 0.1) is 5.52 Å². The summed E-state index contributed by atoms with van der Waals surface area (Å²) in [5.74, 6) is 6.60. The van der Waals surface area contributed by atoms with Crippen LogP contribution in [0.4, 0.5) is 5.82 Å². The van der Waals surface area contributed by atoms with Gasteiger partial charge in [0.25, 0.3) is 0 Å². The number of nitrogen functional groups attached to an aromatic ring is 1. The SMILES string of the molecule is CCn1c(-c2nonc2N)nc2c(C#CC(C)(C)O)nc(OC[C@@H](N)Cc3ccccc3Cl)cc21. The molecular formula is C24H26ClN7O3. The number of anilines is 1. The number of fused-ring (bicyclic) bond motifs is 1. The van der Waals surface area contributed by atoms with Crippen molar-refractivity contribution in [3.8, 4) is 29.2 Å².